The molecule has 0 spiro atoms. The number of aromatic nitrogens is 2. The van der Waals surface area contributed by atoms with Crippen molar-refractivity contribution in [3.63, 3.8) is 0 Å². The molecule has 0 aromatic carbocycles. The van der Waals surface area contributed by atoms with Gasteiger partial charge in [0.05, 0.1) is 5.52 Å². The van der Waals surface area contributed by atoms with E-state index in [-0.39, 0.29) is 11.4 Å². The summed E-state index contributed by atoms with van der Waals surface area (Å²) in [5, 5.41) is 3.18. The lowest BCUT2D eigenvalue weighted by Crippen LogP contribution is -2.48. The minimum atomic E-state index is -0.0403. The van der Waals surface area contributed by atoms with E-state index in [2.05, 4.69) is 22.1 Å². The minimum Gasteiger partial charge on any atom is -0.349 e. The largest absolute Gasteiger partial charge is 0.349 e. The van der Waals surface area contributed by atoms with Crippen LogP contribution in [0.3, 0.4) is 0 Å². The van der Waals surface area contributed by atoms with Crippen LogP contribution in [0.15, 0.2) is 24.4 Å². The topological polar surface area (TPSA) is 49.6 Å². The molecule has 0 unspecified atom stereocenters. The number of nitrogens with zero attached hydrogens (tertiary/aromatic N) is 3. The second kappa shape index (κ2) is 5.64. The molecule has 4 rings (SSSR count). The molecular formula is C18H24N4O. The fraction of sp³-hybridized carbons (Fsp3) is 0.556. The van der Waals surface area contributed by atoms with Gasteiger partial charge in [-0.2, -0.15) is 0 Å². The number of carbonyl (C=O) groups excluding carboxylic acids is 1. The van der Waals surface area contributed by atoms with Crippen molar-refractivity contribution in [1.82, 2.24) is 19.6 Å². The van der Waals surface area contributed by atoms with Gasteiger partial charge in [0, 0.05) is 24.7 Å². The molecule has 0 atom stereocenters. The van der Waals surface area contributed by atoms with Crippen molar-refractivity contribution in [1.29, 1.82) is 0 Å². The lowest BCUT2D eigenvalue weighted by Gasteiger charge is -2.32. The molecule has 0 bridgehead atoms. The third-order valence-electron chi connectivity index (χ3n) is 5.54. The first-order valence-corrected chi connectivity index (χ1v) is 8.73. The van der Waals surface area contributed by atoms with Gasteiger partial charge in [-0.15, -0.1) is 0 Å². The maximum atomic E-state index is 12.7. The second-order valence-electron chi connectivity index (χ2n) is 6.79. The Morgan fingerprint density at radius 1 is 1.30 bits per heavy atom. The van der Waals surface area contributed by atoms with Gasteiger partial charge in [0.1, 0.15) is 5.82 Å². The first-order chi connectivity index (χ1) is 11.2. The lowest BCUT2D eigenvalue weighted by molar-refractivity contribution is 0.0916. The fourth-order valence-electron chi connectivity index (χ4n) is 4.36. The number of aryl methyl sites for hydroxylation is 1. The molecule has 2 aliphatic rings. The molecule has 0 radical (unpaired) electrons. The Labute approximate surface area is 136 Å². The van der Waals surface area contributed by atoms with Crippen LogP contribution in [0.4, 0.5) is 0 Å². The molecule has 5 heteroatoms. The summed E-state index contributed by atoms with van der Waals surface area (Å²) < 4.78 is 2.02. The lowest BCUT2D eigenvalue weighted by atomic mass is 9.94. The molecule has 2 aliphatic heterocycles. The van der Waals surface area contributed by atoms with E-state index < -0.39 is 0 Å². The average Bonchev–Trinajstić information content (AvgIpc) is 3.24. The summed E-state index contributed by atoms with van der Waals surface area (Å²) in [6.07, 6.45) is 7.71. The van der Waals surface area contributed by atoms with Gasteiger partial charge in [0.2, 0.25) is 0 Å². The molecule has 2 fully saturated rings. The number of hydrogen-bond donors (Lipinski definition) is 1. The maximum absolute atomic E-state index is 12.7. The normalized spacial score (nSPS) is 20.0. The van der Waals surface area contributed by atoms with Crippen LogP contribution in [0.1, 0.15) is 48.9 Å². The van der Waals surface area contributed by atoms with Gasteiger partial charge in [-0.1, -0.05) is 13.0 Å². The molecule has 1 N–H and O–H groups in total. The predicted octanol–water partition coefficient (Wildman–Crippen LogP) is 2.25. The van der Waals surface area contributed by atoms with Crippen molar-refractivity contribution in [2.45, 2.75) is 44.6 Å². The quantitative estimate of drug-likeness (QED) is 0.942. The van der Waals surface area contributed by atoms with E-state index in [4.69, 9.17) is 0 Å². The average molecular weight is 312 g/mol. The fourth-order valence-corrected chi connectivity index (χ4v) is 4.36. The molecule has 0 aliphatic carbocycles. The molecule has 1 amide bonds. The standard InChI is InChI=1S/C18H24N4O/c1-2-15-20-16(14-7-3-4-12-22(14)15)17(23)19-13-18-8-5-10-21(18)11-6-9-18/h3-4,7,12H,2,5-6,8-11,13H2,1H3,(H,19,23). The zero-order valence-corrected chi connectivity index (χ0v) is 13.7. The number of imidazole rings is 1. The molecule has 2 aromatic heterocycles. The molecule has 0 saturated carbocycles. The van der Waals surface area contributed by atoms with E-state index in [1.807, 2.05) is 28.8 Å². The highest BCUT2D eigenvalue weighted by atomic mass is 16.1. The maximum Gasteiger partial charge on any atom is 0.272 e. The van der Waals surface area contributed by atoms with Crippen molar-refractivity contribution in [2.75, 3.05) is 19.6 Å². The van der Waals surface area contributed by atoms with Crippen molar-refractivity contribution in [3.8, 4) is 0 Å². The van der Waals surface area contributed by atoms with Crippen LogP contribution in [0.5, 0.6) is 0 Å². The molecule has 122 valence electrons. The zero-order valence-electron chi connectivity index (χ0n) is 13.7. The van der Waals surface area contributed by atoms with E-state index in [9.17, 15) is 4.79 Å². The Kier molecular flexibility index (Phi) is 3.60. The zero-order chi connectivity index (χ0) is 15.9. The number of nitrogens with one attached hydrogen (secondary N) is 1. The van der Waals surface area contributed by atoms with Crippen molar-refractivity contribution >= 4 is 11.4 Å². The Hall–Kier alpha value is -1.88. The molecular weight excluding hydrogens is 288 g/mol. The summed E-state index contributed by atoms with van der Waals surface area (Å²) in [5.41, 5.74) is 1.66. The van der Waals surface area contributed by atoms with Gasteiger partial charge in [0.15, 0.2) is 5.69 Å². The smallest absolute Gasteiger partial charge is 0.272 e. The number of hydrogen-bond acceptors (Lipinski definition) is 3. The van der Waals surface area contributed by atoms with Gasteiger partial charge >= 0.3 is 0 Å². The van der Waals surface area contributed by atoms with Crippen LogP contribution in [0.2, 0.25) is 0 Å². The van der Waals surface area contributed by atoms with Crippen molar-refractivity contribution in [2.24, 2.45) is 0 Å². The third-order valence-corrected chi connectivity index (χ3v) is 5.54. The number of amides is 1. The number of fused-ring (bicyclic) bond motifs is 2. The highest BCUT2D eigenvalue weighted by molar-refractivity contribution is 5.99. The third kappa shape index (κ3) is 2.34. The first-order valence-electron chi connectivity index (χ1n) is 8.73. The highest BCUT2D eigenvalue weighted by Crippen LogP contribution is 2.38. The van der Waals surface area contributed by atoms with E-state index in [1.54, 1.807) is 0 Å². The Balaban J connectivity index is 1.56. The first kappa shape index (κ1) is 14.7. The van der Waals surface area contributed by atoms with Gasteiger partial charge in [-0.3, -0.25) is 9.69 Å². The summed E-state index contributed by atoms with van der Waals surface area (Å²) in [4.78, 5) is 19.9. The summed E-state index contributed by atoms with van der Waals surface area (Å²) in [6, 6.07) is 5.90. The van der Waals surface area contributed by atoms with E-state index in [1.165, 1.54) is 38.8 Å². The molecule has 23 heavy (non-hydrogen) atoms. The number of pyridine rings is 1. The Bertz CT molecular complexity index is 726. The van der Waals surface area contributed by atoms with Crippen LogP contribution < -0.4 is 5.32 Å². The monoisotopic (exact) mass is 312 g/mol. The summed E-state index contributed by atoms with van der Waals surface area (Å²) in [7, 11) is 0. The minimum absolute atomic E-state index is 0.0403. The van der Waals surface area contributed by atoms with E-state index in [0.29, 0.717) is 5.69 Å². The number of carbonyl (C=O) groups is 1. The van der Waals surface area contributed by atoms with Gasteiger partial charge in [-0.05, 0) is 50.9 Å². The van der Waals surface area contributed by atoms with Crippen LogP contribution >= 0.6 is 0 Å². The Morgan fingerprint density at radius 3 is 2.83 bits per heavy atom. The molecule has 5 nitrogen and oxygen atoms in total. The predicted molar refractivity (Wildman–Crippen MR) is 89.7 cm³/mol. The summed E-state index contributed by atoms with van der Waals surface area (Å²) >= 11 is 0. The summed E-state index contributed by atoms with van der Waals surface area (Å²) in [6.45, 7) is 5.18. The van der Waals surface area contributed by atoms with Crippen LogP contribution in [0, 0.1) is 0 Å². The highest BCUT2D eigenvalue weighted by Gasteiger charge is 2.44. The van der Waals surface area contributed by atoms with Gasteiger partial charge < -0.3 is 9.72 Å². The second-order valence-corrected chi connectivity index (χ2v) is 6.79. The van der Waals surface area contributed by atoms with E-state index >= 15 is 0 Å². The van der Waals surface area contributed by atoms with Gasteiger partial charge in [-0.25, -0.2) is 4.98 Å². The summed E-state index contributed by atoms with van der Waals surface area (Å²) in [5.74, 6) is 0.897. The van der Waals surface area contributed by atoms with Crippen molar-refractivity contribution in [3.05, 3.63) is 35.9 Å². The number of rotatable bonds is 4. The van der Waals surface area contributed by atoms with E-state index in [0.717, 1.165) is 24.3 Å². The van der Waals surface area contributed by atoms with Crippen LogP contribution in [-0.2, 0) is 6.42 Å². The molecule has 2 saturated heterocycles. The molecule has 2 aromatic rings. The van der Waals surface area contributed by atoms with Crippen molar-refractivity contribution < 1.29 is 4.79 Å². The Morgan fingerprint density at radius 2 is 2.09 bits per heavy atom. The van der Waals surface area contributed by atoms with Gasteiger partial charge in [0.25, 0.3) is 5.91 Å². The van der Waals surface area contributed by atoms with Crippen LogP contribution in [0.25, 0.3) is 5.52 Å². The molecule has 4 heterocycles. The van der Waals surface area contributed by atoms with Crippen LogP contribution in [-0.4, -0.2) is 45.4 Å². The SMILES string of the molecule is CCc1nc(C(=O)NCC23CCCN2CCC3)c2ccccn12.